The van der Waals surface area contributed by atoms with Gasteiger partial charge in [-0.1, -0.05) is 31.2 Å². The standard InChI is InChI=1S/C24H30N4O5/c1-16-13-21(30)27-28-22(16)19-9-6-10-20(23(19)32-2)24(31)26-12-11-25-14-17(29)15-33-18-7-4-3-5-8-18/h3-10,16-17,25,29H,11-15H2,1-2H3,(H,26,31)(H,27,30). The van der Waals surface area contributed by atoms with Crippen LogP contribution in [0.2, 0.25) is 0 Å². The van der Waals surface area contributed by atoms with Gasteiger partial charge in [0, 0.05) is 37.5 Å². The SMILES string of the molecule is COc1c(C(=O)NCCNCC(O)COc2ccccc2)cccc1C1=NNC(=O)CC1C. The van der Waals surface area contributed by atoms with Crippen molar-refractivity contribution in [3.05, 3.63) is 59.7 Å². The lowest BCUT2D eigenvalue weighted by Gasteiger charge is -2.21. The first-order valence-electron chi connectivity index (χ1n) is 10.9. The number of hydrogen-bond acceptors (Lipinski definition) is 7. The fraction of sp³-hybridized carbons (Fsp3) is 0.375. The summed E-state index contributed by atoms with van der Waals surface area (Å²) in [5, 5.41) is 20.1. The smallest absolute Gasteiger partial charge is 0.255 e. The zero-order valence-electron chi connectivity index (χ0n) is 18.8. The van der Waals surface area contributed by atoms with E-state index in [1.54, 1.807) is 12.1 Å². The Morgan fingerprint density at radius 3 is 2.73 bits per heavy atom. The Bertz CT molecular complexity index is 980. The van der Waals surface area contributed by atoms with Gasteiger partial charge in [0.05, 0.1) is 18.4 Å². The molecular formula is C24H30N4O5. The van der Waals surface area contributed by atoms with Crippen LogP contribution in [-0.2, 0) is 4.79 Å². The van der Waals surface area contributed by atoms with E-state index >= 15 is 0 Å². The molecule has 0 spiro atoms. The van der Waals surface area contributed by atoms with Crippen LogP contribution in [0.15, 0.2) is 53.6 Å². The van der Waals surface area contributed by atoms with Crippen molar-refractivity contribution in [1.82, 2.24) is 16.1 Å². The summed E-state index contributed by atoms with van der Waals surface area (Å²) in [5.41, 5.74) is 4.23. The van der Waals surface area contributed by atoms with Crippen LogP contribution in [0.4, 0.5) is 0 Å². The summed E-state index contributed by atoms with van der Waals surface area (Å²) < 4.78 is 11.0. The summed E-state index contributed by atoms with van der Waals surface area (Å²) in [4.78, 5) is 24.3. The Morgan fingerprint density at radius 2 is 2.00 bits per heavy atom. The number of aliphatic hydroxyl groups is 1. The van der Waals surface area contributed by atoms with Crippen molar-refractivity contribution in [2.24, 2.45) is 11.0 Å². The summed E-state index contributed by atoms with van der Waals surface area (Å²) in [6, 6.07) is 14.6. The highest BCUT2D eigenvalue weighted by Crippen LogP contribution is 2.28. The molecule has 176 valence electrons. The Balaban J connectivity index is 1.48. The highest BCUT2D eigenvalue weighted by atomic mass is 16.5. The lowest BCUT2D eigenvalue weighted by molar-refractivity contribution is -0.121. The van der Waals surface area contributed by atoms with Gasteiger partial charge in [-0.25, -0.2) is 5.43 Å². The van der Waals surface area contributed by atoms with Gasteiger partial charge in [-0.15, -0.1) is 0 Å². The number of ether oxygens (including phenoxy) is 2. The molecule has 0 bridgehead atoms. The molecule has 3 rings (SSSR count). The minimum absolute atomic E-state index is 0.0903. The third-order valence-electron chi connectivity index (χ3n) is 5.15. The molecule has 0 radical (unpaired) electrons. The van der Waals surface area contributed by atoms with Gasteiger partial charge in [0.2, 0.25) is 5.91 Å². The largest absolute Gasteiger partial charge is 0.495 e. The van der Waals surface area contributed by atoms with Gasteiger partial charge in [-0.2, -0.15) is 5.10 Å². The Kier molecular flexibility index (Phi) is 8.79. The number of amides is 2. The van der Waals surface area contributed by atoms with Crippen molar-refractivity contribution in [2.45, 2.75) is 19.4 Å². The normalized spacial score (nSPS) is 16.4. The maximum atomic E-state index is 12.8. The Morgan fingerprint density at radius 1 is 1.21 bits per heavy atom. The molecular weight excluding hydrogens is 424 g/mol. The van der Waals surface area contributed by atoms with E-state index in [4.69, 9.17) is 9.47 Å². The second-order valence-electron chi connectivity index (χ2n) is 7.76. The predicted molar refractivity (Wildman–Crippen MR) is 125 cm³/mol. The highest BCUT2D eigenvalue weighted by Gasteiger charge is 2.26. The maximum Gasteiger partial charge on any atom is 0.255 e. The molecule has 2 amide bonds. The van der Waals surface area contributed by atoms with Gasteiger partial charge in [-0.3, -0.25) is 9.59 Å². The molecule has 1 aliphatic heterocycles. The zero-order valence-corrected chi connectivity index (χ0v) is 18.8. The highest BCUT2D eigenvalue weighted by molar-refractivity contribution is 6.10. The maximum absolute atomic E-state index is 12.8. The number of carbonyl (C=O) groups is 2. The van der Waals surface area contributed by atoms with Crippen LogP contribution in [0, 0.1) is 5.92 Å². The summed E-state index contributed by atoms with van der Waals surface area (Å²) in [6.07, 6.45) is -0.344. The van der Waals surface area contributed by atoms with Crippen LogP contribution in [-0.4, -0.2) is 62.1 Å². The molecule has 4 N–H and O–H groups in total. The number of para-hydroxylation sites is 2. The third-order valence-corrected chi connectivity index (χ3v) is 5.15. The van der Waals surface area contributed by atoms with Crippen LogP contribution in [0.1, 0.15) is 29.3 Å². The average molecular weight is 455 g/mol. The number of hydrazone groups is 1. The van der Waals surface area contributed by atoms with Gasteiger partial charge in [0.1, 0.15) is 24.2 Å². The van der Waals surface area contributed by atoms with Crippen molar-refractivity contribution in [2.75, 3.05) is 33.4 Å². The molecule has 2 unspecified atom stereocenters. The fourth-order valence-electron chi connectivity index (χ4n) is 3.51. The summed E-state index contributed by atoms with van der Waals surface area (Å²) in [6.45, 7) is 3.27. The van der Waals surface area contributed by atoms with Crippen molar-refractivity contribution < 1.29 is 24.2 Å². The summed E-state index contributed by atoms with van der Waals surface area (Å²) >= 11 is 0. The molecule has 1 heterocycles. The topological polar surface area (TPSA) is 121 Å². The van der Waals surface area contributed by atoms with Gasteiger partial charge < -0.3 is 25.2 Å². The number of nitrogens with zero attached hydrogens (tertiary/aromatic N) is 1. The van der Waals surface area contributed by atoms with Crippen LogP contribution in [0.3, 0.4) is 0 Å². The van der Waals surface area contributed by atoms with Gasteiger partial charge in [-0.05, 0) is 24.3 Å². The number of rotatable bonds is 11. The molecule has 0 saturated heterocycles. The van der Waals surface area contributed by atoms with Crippen LogP contribution >= 0.6 is 0 Å². The van der Waals surface area contributed by atoms with E-state index in [1.807, 2.05) is 43.3 Å². The minimum Gasteiger partial charge on any atom is -0.495 e. The second kappa shape index (κ2) is 12.0. The number of methoxy groups -OCH3 is 1. The number of nitrogens with one attached hydrogen (secondary N) is 3. The van der Waals surface area contributed by atoms with Gasteiger partial charge >= 0.3 is 0 Å². The minimum atomic E-state index is -0.670. The Labute approximate surface area is 193 Å². The molecule has 9 nitrogen and oxygen atoms in total. The zero-order chi connectivity index (χ0) is 23.6. The lowest BCUT2D eigenvalue weighted by Crippen LogP contribution is -2.37. The molecule has 2 atom stereocenters. The van der Waals surface area contributed by atoms with Crippen LogP contribution in [0.25, 0.3) is 0 Å². The van der Waals surface area contributed by atoms with Crippen molar-refractivity contribution in [3.8, 4) is 11.5 Å². The molecule has 0 fully saturated rings. The second-order valence-corrected chi connectivity index (χ2v) is 7.76. The van der Waals surface area contributed by atoms with Crippen molar-refractivity contribution >= 4 is 17.5 Å². The molecule has 0 saturated carbocycles. The fourth-order valence-corrected chi connectivity index (χ4v) is 3.51. The number of hydrogen-bond donors (Lipinski definition) is 4. The van der Waals surface area contributed by atoms with E-state index in [-0.39, 0.29) is 24.3 Å². The van der Waals surface area contributed by atoms with Crippen LogP contribution in [0.5, 0.6) is 11.5 Å². The molecule has 0 aromatic heterocycles. The number of aliphatic hydroxyl groups excluding tert-OH is 1. The summed E-state index contributed by atoms with van der Waals surface area (Å²) in [7, 11) is 1.50. The lowest BCUT2D eigenvalue weighted by atomic mass is 9.92. The van der Waals surface area contributed by atoms with E-state index in [0.717, 1.165) is 0 Å². The number of carbonyl (C=O) groups excluding carboxylic acids is 2. The molecule has 33 heavy (non-hydrogen) atoms. The van der Waals surface area contributed by atoms with E-state index in [9.17, 15) is 14.7 Å². The molecule has 2 aromatic carbocycles. The molecule has 9 heteroatoms. The molecule has 2 aromatic rings. The first kappa shape index (κ1) is 24.2. The monoisotopic (exact) mass is 454 g/mol. The summed E-state index contributed by atoms with van der Waals surface area (Å²) in [5.74, 6) is 0.613. The van der Waals surface area contributed by atoms with Crippen LogP contribution < -0.4 is 25.5 Å². The van der Waals surface area contributed by atoms with E-state index < -0.39 is 6.10 Å². The first-order valence-corrected chi connectivity index (χ1v) is 10.9. The molecule has 1 aliphatic rings. The predicted octanol–water partition coefficient (Wildman–Crippen LogP) is 1.31. The quantitative estimate of drug-likeness (QED) is 0.380. The van der Waals surface area contributed by atoms with E-state index in [1.165, 1.54) is 7.11 Å². The van der Waals surface area contributed by atoms with E-state index in [0.29, 0.717) is 54.4 Å². The number of benzene rings is 2. The van der Waals surface area contributed by atoms with Crippen molar-refractivity contribution in [1.29, 1.82) is 0 Å². The van der Waals surface area contributed by atoms with Crippen molar-refractivity contribution in [3.63, 3.8) is 0 Å². The first-order chi connectivity index (χ1) is 16.0. The van der Waals surface area contributed by atoms with Gasteiger partial charge in [0.25, 0.3) is 5.91 Å². The molecule has 0 aliphatic carbocycles. The third kappa shape index (κ3) is 6.77. The van der Waals surface area contributed by atoms with E-state index in [2.05, 4.69) is 21.2 Å². The van der Waals surface area contributed by atoms with Gasteiger partial charge in [0.15, 0.2) is 0 Å². The Hall–Kier alpha value is -3.43. The average Bonchev–Trinajstić information content (AvgIpc) is 2.82.